The first kappa shape index (κ1) is 13.9. The van der Waals surface area contributed by atoms with Gasteiger partial charge < -0.3 is 20.1 Å². The van der Waals surface area contributed by atoms with E-state index in [1.54, 1.807) is 18.2 Å². The summed E-state index contributed by atoms with van der Waals surface area (Å²) in [5.41, 5.74) is 0.592. The molecule has 0 saturated carbocycles. The van der Waals surface area contributed by atoms with Crippen molar-refractivity contribution in [2.24, 2.45) is 0 Å². The fraction of sp³-hybridized carbons (Fsp3) is 0.0667. The number of ether oxygens (including phenoxy) is 2. The van der Waals surface area contributed by atoms with Crippen molar-refractivity contribution in [2.45, 2.75) is 0 Å². The largest absolute Gasteiger partial charge is 0.454 e. The quantitative estimate of drug-likeness (QED) is 0.833. The molecule has 3 rings (SSSR count). The summed E-state index contributed by atoms with van der Waals surface area (Å²) in [6.45, 7) is 0.118. The summed E-state index contributed by atoms with van der Waals surface area (Å²) >= 11 is 0. The number of hydrogen-bond acceptors (Lipinski definition) is 4. The Balaban J connectivity index is 1.65. The second-order valence-electron chi connectivity index (χ2n) is 4.49. The lowest BCUT2D eigenvalue weighted by molar-refractivity contribution is -0.133. The van der Waals surface area contributed by atoms with Gasteiger partial charge in [0.15, 0.2) is 11.5 Å². The minimum absolute atomic E-state index is 0.118. The smallest absolute Gasteiger partial charge is 0.314 e. The molecule has 2 aromatic carbocycles. The van der Waals surface area contributed by atoms with E-state index in [4.69, 9.17) is 9.47 Å². The van der Waals surface area contributed by atoms with E-state index in [0.717, 1.165) is 6.07 Å². The van der Waals surface area contributed by atoms with Crippen LogP contribution in [0.15, 0.2) is 42.5 Å². The summed E-state index contributed by atoms with van der Waals surface area (Å²) in [7, 11) is 0. The fourth-order valence-corrected chi connectivity index (χ4v) is 1.92. The number of halogens is 1. The van der Waals surface area contributed by atoms with Crippen LogP contribution >= 0.6 is 0 Å². The molecule has 1 aliphatic rings. The molecule has 0 spiro atoms. The molecular weight excluding hydrogens is 291 g/mol. The van der Waals surface area contributed by atoms with Crippen molar-refractivity contribution in [1.82, 2.24) is 0 Å². The Morgan fingerprint density at radius 2 is 1.59 bits per heavy atom. The van der Waals surface area contributed by atoms with Gasteiger partial charge in [0.1, 0.15) is 5.82 Å². The molecule has 0 fully saturated rings. The van der Waals surface area contributed by atoms with Gasteiger partial charge in [-0.3, -0.25) is 9.59 Å². The molecule has 2 N–H and O–H groups in total. The molecular formula is C15H11FN2O4. The van der Waals surface area contributed by atoms with E-state index in [9.17, 15) is 14.0 Å². The lowest BCUT2D eigenvalue weighted by atomic mass is 10.2. The average molecular weight is 302 g/mol. The average Bonchev–Trinajstić information content (AvgIpc) is 2.94. The van der Waals surface area contributed by atoms with E-state index < -0.39 is 17.6 Å². The molecule has 7 heteroatoms. The van der Waals surface area contributed by atoms with Crippen molar-refractivity contribution in [3.63, 3.8) is 0 Å². The minimum atomic E-state index is -0.900. The maximum atomic E-state index is 13.0. The van der Waals surface area contributed by atoms with Gasteiger partial charge in [0.2, 0.25) is 6.79 Å². The zero-order valence-electron chi connectivity index (χ0n) is 11.3. The molecule has 0 bridgehead atoms. The Bertz CT molecular complexity index is 748. The maximum absolute atomic E-state index is 13.0. The summed E-state index contributed by atoms with van der Waals surface area (Å²) in [6, 6.07) is 10.0. The second kappa shape index (κ2) is 5.72. The minimum Gasteiger partial charge on any atom is -0.454 e. The van der Waals surface area contributed by atoms with E-state index in [-0.39, 0.29) is 12.5 Å². The van der Waals surface area contributed by atoms with Gasteiger partial charge in [0, 0.05) is 17.4 Å². The van der Waals surface area contributed by atoms with Crippen LogP contribution in [0.2, 0.25) is 0 Å². The predicted molar refractivity (Wildman–Crippen MR) is 76.2 cm³/mol. The third kappa shape index (κ3) is 2.98. The number of rotatable bonds is 2. The van der Waals surface area contributed by atoms with Crippen LogP contribution in [0.25, 0.3) is 0 Å². The van der Waals surface area contributed by atoms with Crippen LogP contribution in [0, 0.1) is 5.82 Å². The van der Waals surface area contributed by atoms with Gasteiger partial charge in [0.25, 0.3) is 0 Å². The Morgan fingerprint density at radius 1 is 0.909 bits per heavy atom. The first-order valence-electron chi connectivity index (χ1n) is 6.39. The van der Waals surface area contributed by atoms with Crippen LogP contribution in [0.4, 0.5) is 15.8 Å². The standard InChI is InChI=1S/C15H11FN2O4/c16-9-2-1-3-10(6-9)17-14(19)15(20)18-11-4-5-12-13(7-11)22-8-21-12/h1-7H,8H2,(H,17,19)(H,18,20). The third-order valence-corrected chi connectivity index (χ3v) is 2.92. The van der Waals surface area contributed by atoms with Crippen LogP contribution < -0.4 is 20.1 Å². The van der Waals surface area contributed by atoms with Crippen LogP contribution in [0.3, 0.4) is 0 Å². The zero-order chi connectivity index (χ0) is 15.5. The highest BCUT2D eigenvalue weighted by molar-refractivity contribution is 6.43. The number of hydrogen-bond donors (Lipinski definition) is 2. The number of benzene rings is 2. The number of anilines is 2. The topological polar surface area (TPSA) is 76.7 Å². The predicted octanol–water partition coefficient (Wildman–Crippen LogP) is 2.13. The lowest BCUT2D eigenvalue weighted by Crippen LogP contribution is -2.29. The van der Waals surface area contributed by atoms with Gasteiger partial charge in [0.05, 0.1) is 0 Å². The van der Waals surface area contributed by atoms with Crippen LogP contribution in [-0.2, 0) is 9.59 Å². The molecule has 1 heterocycles. The van der Waals surface area contributed by atoms with Crippen molar-refractivity contribution in [3.05, 3.63) is 48.3 Å². The molecule has 0 aromatic heterocycles. The molecule has 22 heavy (non-hydrogen) atoms. The van der Waals surface area contributed by atoms with Crippen molar-refractivity contribution in [1.29, 1.82) is 0 Å². The molecule has 0 atom stereocenters. The van der Waals surface area contributed by atoms with Gasteiger partial charge in [-0.15, -0.1) is 0 Å². The molecule has 112 valence electrons. The van der Waals surface area contributed by atoms with Crippen molar-refractivity contribution in [3.8, 4) is 11.5 Å². The zero-order valence-corrected chi connectivity index (χ0v) is 11.3. The normalized spacial score (nSPS) is 11.9. The van der Waals surface area contributed by atoms with Crippen LogP contribution in [0.5, 0.6) is 11.5 Å². The first-order chi connectivity index (χ1) is 10.6. The second-order valence-corrected chi connectivity index (χ2v) is 4.49. The van der Waals surface area contributed by atoms with Crippen LogP contribution in [-0.4, -0.2) is 18.6 Å². The molecule has 0 saturated heterocycles. The Morgan fingerprint density at radius 3 is 2.32 bits per heavy atom. The molecule has 1 aliphatic heterocycles. The van der Waals surface area contributed by atoms with E-state index in [0.29, 0.717) is 17.2 Å². The van der Waals surface area contributed by atoms with Gasteiger partial charge in [-0.25, -0.2) is 4.39 Å². The summed E-state index contributed by atoms with van der Waals surface area (Å²) in [4.78, 5) is 23.6. The summed E-state index contributed by atoms with van der Waals surface area (Å²) in [5, 5.41) is 4.73. The van der Waals surface area contributed by atoms with E-state index in [2.05, 4.69) is 10.6 Å². The molecule has 0 radical (unpaired) electrons. The maximum Gasteiger partial charge on any atom is 0.314 e. The Hall–Kier alpha value is -3.09. The summed E-state index contributed by atoms with van der Waals surface area (Å²) in [5.74, 6) is -1.22. The van der Waals surface area contributed by atoms with E-state index >= 15 is 0 Å². The molecule has 2 aromatic rings. The first-order valence-corrected chi connectivity index (χ1v) is 6.39. The molecule has 6 nitrogen and oxygen atoms in total. The van der Waals surface area contributed by atoms with Crippen LogP contribution in [0.1, 0.15) is 0 Å². The van der Waals surface area contributed by atoms with E-state index in [1.807, 2.05) is 0 Å². The van der Waals surface area contributed by atoms with Gasteiger partial charge in [-0.05, 0) is 30.3 Å². The van der Waals surface area contributed by atoms with Gasteiger partial charge in [-0.2, -0.15) is 0 Å². The van der Waals surface area contributed by atoms with Gasteiger partial charge >= 0.3 is 11.8 Å². The number of carbonyl (C=O) groups excluding carboxylic acids is 2. The molecule has 0 unspecified atom stereocenters. The highest BCUT2D eigenvalue weighted by atomic mass is 19.1. The fourth-order valence-electron chi connectivity index (χ4n) is 1.92. The lowest BCUT2D eigenvalue weighted by Gasteiger charge is -2.07. The number of nitrogens with one attached hydrogen (secondary N) is 2. The third-order valence-electron chi connectivity index (χ3n) is 2.92. The Labute approximate surface area is 124 Å². The molecule has 2 amide bonds. The van der Waals surface area contributed by atoms with Crippen molar-refractivity contribution >= 4 is 23.2 Å². The number of fused-ring (bicyclic) bond motifs is 1. The Kier molecular flexibility index (Phi) is 3.61. The van der Waals surface area contributed by atoms with Crippen molar-refractivity contribution in [2.75, 3.05) is 17.4 Å². The van der Waals surface area contributed by atoms with Crippen molar-refractivity contribution < 1.29 is 23.5 Å². The summed E-state index contributed by atoms with van der Waals surface area (Å²) in [6.07, 6.45) is 0. The monoisotopic (exact) mass is 302 g/mol. The van der Waals surface area contributed by atoms with Gasteiger partial charge in [-0.1, -0.05) is 6.07 Å². The number of carbonyl (C=O) groups is 2. The molecule has 0 aliphatic carbocycles. The number of amides is 2. The summed E-state index contributed by atoms with van der Waals surface area (Å²) < 4.78 is 23.3. The highest BCUT2D eigenvalue weighted by Crippen LogP contribution is 2.34. The van der Waals surface area contributed by atoms with E-state index in [1.165, 1.54) is 18.2 Å². The highest BCUT2D eigenvalue weighted by Gasteiger charge is 2.17. The SMILES string of the molecule is O=C(Nc1cccc(F)c1)C(=O)Nc1ccc2c(c1)OCO2.